The molecule has 0 N–H and O–H groups in total. The Hall–Kier alpha value is -2.80. The molecule has 27 heavy (non-hydrogen) atoms. The van der Waals surface area contributed by atoms with Crippen molar-refractivity contribution >= 4 is 16.7 Å². The van der Waals surface area contributed by atoms with Crippen LogP contribution in [0.4, 0.5) is 5.69 Å². The van der Waals surface area contributed by atoms with Crippen LogP contribution < -0.4 is 10.5 Å². The van der Waals surface area contributed by atoms with Gasteiger partial charge >= 0.3 is 0 Å². The first-order valence-corrected chi connectivity index (χ1v) is 9.33. The second kappa shape index (κ2) is 7.44. The fourth-order valence-electron chi connectivity index (χ4n) is 3.44. The van der Waals surface area contributed by atoms with E-state index in [-0.39, 0.29) is 5.56 Å². The highest BCUT2D eigenvalue weighted by atomic mass is 16.1. The molecule has 0 amide bonds. The number of aromatic nitrogens is 4. The van der Waals surface area contributed by atoms with Crippen molar-refractivity contribution in [2.24, 2.45) is 0 Å². The monoisotopic (exact) mass is 364 g/mol. The molecule has 1 aliphatic heterocycles. The number of rotatable bonds is 3. The highest BCUT2D eigenvalue weighted by molar-refractivity contribution is 5.74. The molecule has 7 heteroatoms. The Morgan fingerprint density at radius 2 is 1.81 bits per heavy atom. The van der Waals surface area contributed by atoms with Crippen molar-refractivity contribution in [3.05, 3.63) is 58.3 Å². The minimum absolute atomic E-state index is 0.112. The van der Waals surface area contributed by atoms with Gasteiger partial charge in [0, 0.05) is 25.7 Å². The molecule has 140 valence electrons. The van der Waals surface area contributed by atoms with Crippen LogP contribution in [0.5, 0.6) is 0 Å². The van der Waals surface area contributed by atoms with Crippen LogP contribution in [0.1, 0.15) is 17.8 Å². The summed E-state index contributed by atoms with van der Waals surface area (Å²) in [5.74, 6) is 0. The van der Waals surface area contributed by atoms with Gasteiger partial charge in [0.1, 0.15) is 0 Å². The lowest BCUT2D eigenvalue weighted by atomic mass is 10.2. The number of hydrogen-bond acceptors (Lipinski definition) is 6. The topological polar surface area (TPSA) is 67.2 Å². The predicted molar refractivity (Wildman–Crippen MR) is 106 cm³/mol. The van der Waals surface area contributed by atoms with Crippen LogP contribution in [0.15, 0.2) is 41.3 Å². The molecule has 0 unspecified atom stereocenters. The molecule has 1 aromatic carbocycles. The molecule has 1 saturated heterocycles. The highest BCUT2D eigenvalue weighted by Crippen LogP contribution is 2.15. The van der Waals surface area contributed by atoms with Crippen molar-refractivity contribution in [1.82, 2.24) is 24.6 Å². The molecule has 0 bridgehead atoms. The van der Waals surface area contributed by atoms with Crippen LogP contribution >= 0.6 is 0 Å². The second-order valence-electron chi connectivity index (χ2n) is 7.10. The Kier molecular flexibility index (Phi) is 4.85. The van der Waals surface area contributed by atoms with Crippen molar-refractivity contribution in [2.75, 3.05) is 38.1 Å². The van der Waals surface area contributed by atoms with E-state index in [1.165, 1.54) is 4.68 Å². The largest absolute Gasteiger partial charge is 0.369 e. The maximum Gasteiger partial charge on any atom is 0.269 e. The lowest BCUT2D eigenvalue weighted by Gasteiger charge is -2.22. The van der Waals surface area contributed by atoms with Crippen molar-refractivity contribution in [3.8, 4) is 0 Å². The molecule has 7 nitrogen and oxygen atoms in total. The molecule has 3 heterocycles. The average molecular weight is 364 g/mol. The Labute approximate surface area is 158 Å². The molecule has 0 saturated carbocycles. The third-order valence-corrected chi connectivity index (χ3v) is 5.08. The van der Waals surface area contributed by atoms with Gasteiger partial charge in [0.25, 0.3) is 5.56 Å². The first-order valence-electron chi connectivity index (χ1n) is 9.33. The summed E-state index contributed by atoms with van der Waals surface area (Å²) >= 11 is 0. The number of fused-ring (bicyclic) bond motifs is 1. The molecule has 0 spiro atoms. The van der Waals surface area contributed by atoms with Crippen molar-refractivity contribution < 1.29 is 0 Å². The third kappa shape index (κ3) is 3.83. The van der Waals surface area contributed by atoms with E-state index < -0.39 is 0 Å². The lowest BCUT2D eigenvalue weighted by Crippen LogP contribution is -2.31. The minimum atomic E-state index is -0.112. The first kappa shape index (κ1) is 17.6. The quantitative estimate of drug-likeness (QED) is 0.705. The fourth-order valence-corrected chi connectivity index (χ4v) is 3.44. The summed E-state index contributed by atoms with van der Waals surface area (Å²) < 4.78 is 1.46. The van der Waals surface area contributed by atoms with Gasteiger partial charge in [-0.1, -0.05) is 12.1 Å². The van der Waals surface area contributed by atoms with E-state index in [1.807, 2.05) is 31.2 Å². The molecular weight excluding hydrogens is 340 g/mol. The molecule has 2 aromatic heterocycles. The van der Waals surface area contributed by atoms with E-state index in [0.717, 1.165) is 60.7 Å². The van der Waals surface area contributed by atoms with Gasteiger partial charge in [0.05, 0.1) is 40.9 Å². The van der Waals surface area contributed by atoms with E-state index in [2.05, 4.69) is 31.9 Å². The number of nitrogens with zero attached hydrogens (tertiary/aromatic N) is 6. The normalized spacial score (nSPS) is 15.9. The predicted octanol–water partition coefficient (Wildman–Crippen LogP) is 1.69. The Bertz CT molecular complexity index is 1010. The van der Waals surface area contributed by atoms with E-state index in [4.69, 9.17) is 0 Å². The third-order valence-electron chi connectivity index (χ3n) is 5.08. The molecule has 1 fully saturated rings. The van der Waals surface area contributed by atoms with Gasteiger partial charge in [-0.3, -0.25) is 4.79 Å². The Morgan fingerprint density at radius 1 is 1.04 bits per heavy atom. The summed E-state index contributed by atoms with van der Waals surface area (Å²) in [7, 11) is 2.13. The van der Waals surface area contributed by atoms with Gasteiger partial charge in [-0.15, -0.1) is 0 Å². The number of likely N-dealkylation sites (N-methyl/N-ethyl adjacent to an activating group) is 1. The van der Waals surface area contributed by atoms with Crippen LogP contribution in [0.2, 0.25) is 0 Å². The van der Waals surface area contributed by atoms with Crippen LogP contribution in [-0.4, -0.2) is 57.9 Å². The maximum atomic E-state index is 12.6. The number of benzene rings is 1. The maximum absolute atomic E-state index is 12.6. The molecule has 1 aliphatic rings. The summed E-state index contributed by atoms with van der Waals surface area (Å²) in [6, 6.07) is 9.44. The van der Waals surface area contributed by atoms with Crippen LogP contribution in [-0.2, 0) is 6.54 Å². The summed E-state index contributed by atoms with van der Waals surface area (Å²) in [5.41, 5.74) is 4.07. The zero-order valence-electron chi connectivity index (χ0n) is 15.8. The fraction of sp³-hybridized carbons (Fsp3) is 0.400. The van der Waals surface area contributed by atoms with Gasteiger partial charge in [0.2, 0.25) is 0 Å². The van der Waals surface area contributed by atoms with Gasteiger partial charge in [-0.2, -0.15) is 5.10 Å². The van der Waals surface area contributed by atoms with Crippen LogP contribution in [0, 0.1) is 6.92 Å². The second-order valence-corrected chi connectivity index (χ2v) is 7.10. The van der Waals surface area contributed by atoms with Crippen molar-refractivity contribution in [1.29, 1.82) is 0 Å². The van der Waals surface area contributed by atoms with Gasteiger partial charge in [-0.25, -0.2) is 14.6 Å². The van der Waals surface area contributed by atoms with E-state index >= 15 is 0 Å². The molecule has 0 atom stereocenters. The van der Waals surface area contributed by atoms with E-state index in [0.29, 0.717) is 6.54 Å². The molecule has 0 aliphatic carbocycles. The number of para-hydroxylation sites is 2. The van der Waals surface area contributed by atoms with Crippen molar-refractivity contribution in [3.63, 3.8) is 0 Å². The van der Waals surface area contributed by atoms with E-state index in [9.17, 15) is 4.79 Å². The van der Waals surface area contributed by atoms with Crippen molar-refractivity contribution in [2.45, 2.75) is 19.9 Å². The Morgan fingerprint density at radius 3 is 2.59 bits per heavy atom. The van der Waals surface area contributed by atoms with Gasteiger partial charge in [-0.05, 0) is 39.1 Å². The Balaban J connectivity index is 1.58. The standard InChI is InChI=1S/C20H24N6O/c1-15-19(23-18-7-4-3-6-17(18)22-15)14-26-20(27)12-16(13-21-26)25-9-5-8-24(2)10-11-25/h3-4,6-7,12-13H,5,8-11,14H2,1-2H3. The number of aryl methyl sites for hydroxylation is 1. The summed E-state index contributed by atoms with van der Waals surface area (Å²) in [6.45, 7) is 6.19. The summed E-state index contributed by atoms with van der Waals surface area (Å²) in [4.78, 5) is 26.4. The molecular formula is C20H24N6O. The zero-order chi connectivity index (χ0) is 18.8. The SMILES string of the molecule is Cc1nc2ccccc2nc1Cn1ncc(N2CCCN(C)CC2)cc1=O. The highest BCUT2D eigenvalue weighted by Gasteiger charge is 2.14. The van der Waals surface area contributed by atoms with Crippen LogP contribution in [0.3, 0.4) is 0 Å². The lowest BCUT2D eigenvalue weighted by molar-refractivity contribution is 0.360. The van der Waals surface area contributed by atoms with Gasteiger partial charge < -0.3 is 9.80 Å². The summed E-state index contributed by atoms with van der Waals surface area (Å²) in [5, 5.41) is 4.40. The molecule has 0 radical (unpaired) electrons. The number of hydrogen-bond donors (Lipinski definition) is 0. The molecule has 4 rings (SSSR count). The first-order chi connectivity index (χ1) is 13.1. The van der Waals surface area contributed by atoms with Gasteiger partial charge in [0.15, 0.2) is 0 Å². The zero-order valence-corrected chi connectivity index (χ0v) is 15.8. The summed E-state index contributed by atoms with van der Waals surface area (Å²) in [6.07, 6.45) is 2.88. The van der Waals surface area contributed by atoms with E-state index in [1.54, 1.807) is 12.3 Å². The number of anilines is 1. The average Bonchev–Trinajstić information content (AvgIpc) is 2.88. The smallest absolute Gasteiger partial charge is 0.269 e. The molecule has 3 aromatic rings. The van der Waals surface area contributed by atoms with Crippen LogP contribution in [0.25, 0.3) is 11.0 Å². The minimum Gasteiger partial charge on any atom is -0.369 e.